The van der Waals surface area contributed by atoms with Gasteiger partial charge in [-0.25, -0.2) is 0 Å². The van der Waals surface area contributed by atoms with E-state index >= 15 is 0 Å². The summed E-state index contributed by atoms with van der Waals surface area (Å²) in [4.78, 5) is 8.59. The van der Waals surface area contributed by atoms with Gasteiger partial charge in [-0.3, -0.25) is 0 Å². The second kappa shape index (κ2) is 7.17. The van der Waals surface area contributed by atoms with Crippen LogP contribution in [-0.4, -0.2) is 37.3 Å². The molecule has 2 aromatic rings. The van der Waals surface area contributed by atoms with Gasteiger partial charge in [0.1, 0.15) is 5.75 Å². The maximum atomic E-state index is 5.80. The molecule has 6 nitrogen and oxygen atoms in total. The van der Waals surface area contributed by atoms with Crippen molar-refractivity contribution in [3.63, 3.8) is 0 Å². The van der Waals surface area contributed by atoms with Crippen molar-refractivity contribution in [1.82, 2.24) is 9.97 Å². The first-order chi connectivity index (χ1) is 11.3. The molecular formula is C17H21N3O3. The van der Waals surface area contributed by atoms with E-state index in [1.54, 1.807) is 20.3 Å². The van der Waals surface area contributed by atoms with Crippen LogP contribution < -0.4 is 19.5 Å². The predicted octanol–water partition coefficient (Wildman–Crippen LogP) is 2.55. The molecule has 3 rings (SSSR count). The number of aromatic nitrogens is 2. The zero-order valence-electron chi connectivity index (χ0n) is 13.4. The number of ether oxygens (including phenoxy) is 3. The van der Waals surface area contributed by atoms with Crippen molar-refractivity contribution in [2.75, 3.05) is 32.7 Å². The minimum Gasteiger partial charge on any atom is -0.493 e. The summed E-state index contributed by atoms with van der Waals surface area (Å²) >= 11 is 0. The Morgan fingerprint density at radius 1 is 1.17 bits per heavy atom. The molecule has 1 atom stereocenters. The number of nitrogens with one attached hydrogen (secondary N) is 1. The molecule has 0 aliphatic carbocycles. The van der Waals surface area contributed by atoms with Gasteiger partial charge in [-0.1, -0.05) is 18.2 Å². The zero-order valence-corrected chi connectivity index (χ0v) is 13.4. The number of hydrogen-bond donors (Lipinski definition) is 1. The van der Waals surface area contributed by atoms with E-state index in [0.29, 0.717) is 23.6 Å². The van der Waals surface area contributed by atoms with Crippen LogP contribution >= 0.6 is 0 Å². The average Bonchev–Trinajstić information content (AvgIpc) is 2.81. The molecule has 0 unspecified atom stereocenters. The highest BCUT2D eigenvalue weighted by Crippen LogP contribution is 2.27. The average molecular weight is 315 g/mol. The summed E-state index contributed by atoms with van der Waals surface area (Å²) in [6, 6.07) is 9.86. The van der Waals surface area contributed by atoms with E-state index in [1.807, 2.05) is 18.2 Å². The molecule has 1 N–H and O–H groups in total. The first kappa shape index (κ1) is 15.4. The molecule has 2 heterocycles. The third-order valence-electron chi connectivity index (χ3n) is 3.91. The molecule has 0 bridgehead atoms. The van der Waals surface area contributed by atoms with Crippen molar-refractivity contribution < 1.29 is 14.2 Å². The molecule has 6 heteroatoms. The van der Waals surface area contributed by atoms with Crippen LogP contribution in [0.1, 0.15) is 12.0 Å². The molecule has 0 saturated carbocycles. The van der Waals surface area contributed by atoms with Crippen molar-refractivity contribution in [2.45, 2.75) is 12.8 Å². The Balaban J connectivity index is 1.66. The topological polar surface area (TPSA) is 65.5 Å². The molecule has 122 valence electrons. The van der Waals surface area contributed by atoms with Crippen LogP contribution in [0.2, 0.25) is 0 Å². The quantitative estimate of drug-likeness (QED) is 0.915. The van der Waals surface area contributed by atoms with Gasteiger partial charge < -0.3 is 19.5 Å². The van der Waals surface area contributed by atoms with E-state index < -0.39 is 0 Å². The summed E-state index contributed by atoms with van der Waals surface area (Å²) < 4.78 is 16.1. The number of fused-ring (bicyclic) bond motifs is 1. The fourth-order valence-electron chi connectivity index (χ4n) is 2.66. The van der Waals surface area contributed by atoms with Crippen LogP contribution in [0.5, 0.6) is 17.5 Å². The first-order valence-electron chi connectivity index (χ1n) is 7.70. The van der Waals surface area contributed by atoms with Crippen molar-refractivity contribution in [2.24, 2.45) is 5.92 Å². The number of methoxy groups -OCH3 is 2. The smallest absolute Gasteiger partial charge is 0.229 e. The number of hydrogen-bond acceptors (Lipinski definition) is 6. The van der Waals surface area contributed by atoms with E-state index in [-0.39, 0.29) is 0 Å². The van der Waals surface area contributed by atoms with Gasteiger partial charge in [0.15, 0.2) is 0 Å². The molecule has 0 radical (unpaired) electrons. The lowest BCUT2D eigenvalue weighted by molar-refractivity contribution is 0.298. The molecule has 23 heavy (non-hydrogen) atoms. The summed E-state index contributed by atoms with van der Waals surface area (Å²) in [5, 5.41) is 3.28. The van der Waals surface area contributed by atoms with Crippen LogP contribution in [0, 0.1) is 5.92 Å². The second-order valence-corrected chi connectivity index (χ2v) is 5.47. The third-order valence-corrected chi connectivity index (χ3v) is 3.91. The third kappa shape index (κ3) is 3.83. The molecule has 1 aromatic carbocycles. The van der Waals surface area contributed by atoms with Crippen molar-refractivity contribution in [3.8, 4) is 17.5 Å². The van der Waals surface area contributed by atoms with Gasteiger partial charge >= 0.3 is 0 Å². The largest absolute Gasteiger partial charge is 0.493 e. The Morgan fingerprint density at radius 3 is 2.65 bits per heavy atom. The number of nitrogens with zero attached hydrogens (tertiary/aromatic N) is 2. The highest BCUT2D eigenvalue weighted by molar-refractivity contribution is 5.36. The summed E-state index contributed by atoms with van der Waals surface area (Å²) in [6.45, 7) is 1.50. The predicted molar refractivity (Wildman–Crippen MR) is 87.4 cm³/mol. The lowest BCUT2D eigenvalue weighted by Crippen LogP contribution is -2.18. The van der Waals surface area contributed by atoms with Crippen LogP contribution in [0.25, 0.3) is 0 Å². The van der Waals surface area contributed by atoms with E-state index in [1.165, 1.54) is 5.56 Å². The van der Waals surface area contributed by atoms with E-state index in [0.717, 1.165) is 31.7 Å². The van der Waals surface area contributed by atoms with Gasteiger partial charge in [0, 0.05) is 6.54 Å². The summed E-state index contributed by atoms with van der Waals surface area (Å²) in [5.74, 6) is 2.93. The number of rotatable bonds is 5. The van der Waals surface area contributed by atoms with Gasteiger partial charge in [-0.15, -0.1) is 0 Å². The fraction of sp³-hybridized carbons (Fsp3) is 0.412. The van der Waals surface area contributed by atoms with Crippen molar-refractivity contribution >= 4 is 5.95 Å². The standard InChI is InChI=1S/C17H21N3O3/c1-21-15-10-16(22-2)20-17(19-15)18-11-12-7-8-23-14-6-4-3-5-13(14)9-12/h3-6,10,12H,7-9,11H2,1-2H3,(H,18,19,20)/t12-/m1/s1. The fourth-order valence-corrected chi connectivity index (χ4v) is 2.66. The van der Waals surface area contributed by atoms with Crippen LogP contribution in [0.15, 0.2) is 30.3 Å². The molecule has 1 aliphatic heterocycles. The Kier molecular flexibility index (Phi) is 4.80. The van der Waals surface area contributed by atoms with Gasteiger partial charge in [-0.05, 0) is 30.4 Å². The van der Waals surface area contributed by atoms with Crippen molar-refractivity contribution in [3.05, 3.63) is 35.9 Å². The van der Waals surface area contributed by atoms with Gasteiger partial charge in [0.25, 0.3) is 0 Å². The van der Waals surface area contributed by atoms with E-state index in [4.69, 9.17) is 14.2 Å². The monoisotopic (exact) mass is 315 g/mol. The van der Waals surface area contributed by atoms with E-state index in [2.05, 4.69) is 21.4 Å². The lowest BCUT2D eigenvalue weighted by atomic mass is 9.97. The molecule has 0 saturated heterocycles. The Bertz CT molecular complexity index is 641. The van der Waals surface area contributed by atoms with E-state index in [9.17, 15) is 0 Å². The maximum absolute atomic E-state index is 5.80. The molecule has 0 fully saturated rings. The number of benzene rings is 1. The second-order valence-electron chi connectivity index (χ2n) is 5.47. The Morgan fingerprint density at radius 2 is 1.91 bits per heavy atom. The lowest BCUT2D eigenvalue weighted by Gasteiger charge is -2.15. The Labute approximate surface area is 135 Å². The Hall–Kier alpha value is -2.50. The number of para-hydroxylation sites is 1. The highest BCUT2D eigenvalue weighted by Gasteiger charge is 2.17. The highest BCUT2D eigenvalue weighted by atomic mass is 16.5. The molecule has 1 aromatic heterocycles. The normalized spacial score (nSPS) is 16.7. The molecule has 0 spiro atoms. The maximum Gasteiger partial charge on any atom is 0.229 e. The molecule has 0 amide bonds. The minimum absolute atomic E-state index is 0.458. The summed E-state index contributed by atoms with van der Waals surface area (Å²) in [6.07, 6.45) is 1.97. The van der Waals surface area contributed by atoms with Crippen LogP contribution in [-0.2, 0) is 6.42 Å². The zero-order chi connectivity index (χ0) is 16.1. The van der Waals surface area contributed by atoms with Gasteiger partial charge in [0.05, 0.1) is 26.9 Å². The summed E-state index contributed by atoms with van der Waals surface area (Å²) in [5.41, 5.74) is 1.25. The minimum atomic E-state index is 0.458. The number of anilines is 1. The van der Waals surface area contributed by atoms with Gasteiger partial charge in [0.2, 0.25) is 17.7 Å². The molecular weight excluding hydrogens is 294 g/mol. The van der Waals surface area contributed by atoms with Gasteiger partial charge in [-0.2, -0.15) is 9.97 Å². The molecule has 1 aliphatic rings. The van der Waals surface area contributed by atoms with Crippen LogP contribution in [0.3, 0.4) is 0 Å². The SMILES string of the molecule is COc1cc(OC)nc(NC[C@@H]2CCOc3ccccc3C2)n1. The summed E-state index contributed by atoms with van der Waals surface area (Å²) in [7, 11) is 3.15. The van der Waals surface area contributed by atoms with Crippen LogP contribution in [0.4, 0.5) is 5.95 Å². The van der Waals surface area contributed by atoms with Crippen molar-refractivity contribution in [1.29, 1.82) is 0 Å². The first-order valence-corrected chi connectivity index (χ1v) is 7.70.